The number of anilines is 2. The van der Waals surface area contributed by atoms with Crippen LogP contribution in [0.3, 0.4) is 0 Å². The molecule has 3 aromatic rings. The molecule has 1 saturated heterocycles. The van der Waals surface area contributed by atoms with Gasteiger partial charge >= 0.3 is 0 Å². The first-order valence-corrected chi connectivity index (χ1v) is 11.8. The minimum Gasteiger partial charge on any atom is -0.495 e. The predicted molar refractivity (Wildman–Crippen MR) is 121 cm³/mol. The highest BCUT2D eigenvalue weighted by Gasteiger charge is 2.30. The van der Waals surface area contributed by atoms with Crippen LogP contribution in [-0.4, -0.2) is 43.1 Å². The molecular weight excluding hydrogens is 412 g/mol. The molecule has 8 heteroatoms. The molecule has 0 amide bonds. The zero-order chi connectivity index (χ0) is 21.8. The van der Waals surface area contributed by atoms with Crippen LogP contribution in [0.5, 0.6) is 5.75 Å². The maximum absolute atomic E-state index is 13.1. The van der Waals surface area contributed by atoms with Gasteiger partial charge in [-0.2, -0.15) is 4.31 Å². The Bertz CT molecular complexity index is 1160. The van der Waals surface area contributed by atoms with Crippen LogP contribution in [0.15, 0.2) is 59.5 Å². The molecule has 0 aliphatic carbocycles. The minimum atomic E-state index is -3.62. The van der Waals surface area contributed by atoms with Gasteiger partial charge < -0.3 is 10.1 Å². The van der Waals surface area contributed by atoms with E-state index < -0.39 is 10.0 Å². The summed E-state index contributed by atoms with van der Waals surface area (Å²) in [5.41, 5.74) is 3.45. The second-order valence-electron chi connectivity index (χ2n) is 7.46. The Morgan fingerprint density at radius 3 is 2.52 bits per heavy atom. The predicted octanol–water partition coefficient (Wildman–Crippen LogP) is 4.24. The summed E-state index contributed by atoms with van der Waals surface area (Å²) in [5, 5.41) is 11.8. The van der Waals surface area contributed by atoms with E-state index in [2.05, 4.69) is 34.6 Å². The second-order valence-corrected chi connectivity index (χ2v) is 9.37. The van der Waals surface area contributed by atoms with Gasteiger partial charge in [-0.1, -0.05) is 19.1 Å². The Morgan fingerprint density at radius 1 is 1.03 bits per heavy atom. The lowest BCUT2D eigenvalue weighted by Gasteiger charge is -2.18. The number of sulfonamides is 1. The van der Waals surface area contributed by atoms with Gasteiger partial charge in [-0.05, 0) is 67.3 Å². The third kappa shape index (κ3) is 4.55. The summed E-state index contributed by atoms with van der Waals surface area (Å²) >= 11 is 0. The van der Waals surface area contributed by atoms with Crippen molar-refractivity contribution in [2.75, 3.05) is 25.5 Å². The fourth-order valence-corrected chi connectivity index (χ4v) is 5.37. The summed E-state index contributed by atoms with van der Waals surface area (Å²) < 4.78 is 33.1. The number of nitrogens with zero attached hydrogens (tertiary/aromatic N) is 3. The average Bonchev–Trinajstić information content (AvgIpc) is 3.35. The van der Waals surface area contributed by atoms with Gasteiger partial charge in [0.05, 0.1) is 12.8 Å². The summed E-state index contributed by atoms with van der Waals surface area (Å²) in [4.78, 5) is 0.162. The van der Waals surface area contributed by atoms with Crippen molar-refractivity contribution in [1.82, 2.24) is 14.5 Å². The van der Waals surface area contributed by atoms with Crippen LogP contribution in [0.1, 0.15) is 25.3 Å². The number of hydrogen-bond donors (Lipinski definition) is 1. The zero-order valence-corrected chi connectivity index (χ0v) is 18.5. The molecule has 1 fully saturated rings. The van der Waals surface area contributed by atoms with Gasteiger partial charge in [0.1, 0.15) is 10.6 Å². The average molecular weight is 439 g/mol. The van der Waals surface area contributed by atoms with Gasteiger partial charge in [-0.3, -0.25) is 0 Å². The first-order valence-electron chi connectivity index (χ1n) is 10.4. The molecule has 7 nitrogen and oxygen atoms in total. The number of ether oxygens (including phenoxy) is 1. The molecule has 162 valence electrons. The van der Waals surface area contributed by atoms with Crippen LogP contribution in [-0.2, 0) is 16.4 Å². The Kier molecular flexibility index (Phi) is 6.20. The normalized spacial score (nSPS) is 14.5. The van der Waals surface area contributed by atoms with Gasteiger partial charge in [0.2, 0.25) is 10.0 Å². The molecule has 0 unspecified atom stereocenters. The van der Waals surface area contributed by atoms with Crippen LogP contribution in [0.4, 0.5) is 11.5 Å². The van der Waals surface area contributed by atoms with Crippen molar-refractivity contribution < 1.29 is 13.2 Å². The maximum atomic E-state index is 13.1. The fraction of sp³-hybridized carbons (Fsp3) is 0.304. The van der Waals surface area contributed by atoms with Gasteiger partial charge in [-0.15, -0.1) is 10.2 Å². The molecule has 1 aliphatic heterocycles. The third-order valence-corrected chi connectivity index (χ3v) is 7.33. The maximum Gasteiger partial charge on any atom is 0.246 e. The summed E-state index contributed by atoms with van der Waals surface area (Å²) in [6.45, 7) is 3.19. The number of aryl methyl sites for hydroxylation is 1. The molecule has 0 spiro atoms. The monoisotopic (exact) mass is 438 g/mol. The Morgan fingerprint density at radius 2 is 1.84 bits per heavy atom. The second kappa shape index (κ2) is 9.03. The van der Waals surface area contributed by atoms with Gasteiger partial charge in [0.15, 0.2) is 5.82 Å². The molecule has 0 saturated carbocycles. The lowest BCUT2D eigenvalue weighted by Crippen LogP contribution is -2.28. The van der Waals surface area contributed by atoms with Gasteiger partial charge in [-0.25, -0.2) is 8.42 Å². The summed E-state index contributed by atoms with van der Waals surface area (Å²) in [6, 6.07) is 16.9. The molecule has 31 heavy (non-hydrogen) atoms. The lowest BCUT2D eigenvalue weighted by atomic mass is 10.1. The van der Waals surface area contributed by atoms with E-state index in [4.69, 9.17) is 4.74 Å². The number of benzene rings is 2. The Hall–Kier alpha value is -2.97. The van der Waals surface area contributed by atoms with E-state index in [1.165, 1.54) is 17.0 Å². The standard InChI is InChI=1S/C23H26N4O3S/c1-3-17-7-6-8-19(15-17)24-23-12-10-20(25-26-23)18-9-11-21(30-2)22(16-18)31(28,29)27-13-4-5-14-27/h6-12,15-16H,3-5,13-14H2,1-2H3,(H,24,26). The number of methoxy groups -OCH3 is 1. The number of rotatable bonds is 7. The molecule has 0 bridgehead atoms. The van der Waals surface area contributed by atoms with E-state index in [1.54, 1.807) is 18.2 Å². The van der Waals surface area contributed by atoms with Crippen LogP contribution in [0, 0.1) is 0 Å². The van der Waals surface area contributed by atoms with E-state index in [9.17, 15) is 8.42 Å². The molecule has 2 heterocycles. The summed E-state index contributed by atoms with van der Waals surface area (Å²) in [5.74, 6) is 0.952. The zero-order valence-electron chi connectivity index (χ0n) is 17.7. The van der Waals surface area contributed by atoms with Gasteiger partial charge in [0.25, 0.3) is 0 Å². The fourth-order valence-electron chi connectivity index (χ4n) is 3.67. The van der Waals surface area contributed by atoms with Crippen molar-refractivity contribution in [2.45, 2.75) is 31.1 Å². The number of aromatic nitrogens is 2. The topological polar surface area (TPSA) is 84.4 Å². The SMILES string of the molecule is CCc1cccc(Nc2ccc(-c3ccc(OC)c(S(=O)(=O)N4CCCC4)c3)nn2)c1. The highest BCUT2D eigenvalue weighted by molar-refractivity contribution is 7.89. The van der Waals surface area contributed by atoms with E-state index in [1.807, 2.05) is 24.3 Å². The molecule has 0 atom stereocenters. The first-order chi connectivity index (χ1) is 15.0. The molecular formula is C23H26N4O3S. The van der Waals surface area contributed by atoms with E-state index in [0.29, 0.717) is 35.9 Å². The molecule has 1 N–H and O–H groups in total. The quantitative estimate of drug-likeness (QED) is 0.594. The van der Waals surface area contributed by atoms with E-state index >= 15 is 0 Å². The Labute approximate surface area is 183 Å². The van der Waals surface area contributed by atoms with Crippen molar-refractivity contribution in [3.63, 3.8) is 0 Å². The van der Waals surface area contributed by atoms with Crippen molar-refractivity contribution in [3.8, 4) is 17.0 Å². The third-order valence-electron chi connectivity index (χ3n) is 5.41. The van der Waals surface area contributed by atoms with Crippen LogP contribution in [0.2, 0.25) is 0 Å². The molecule has 1 aromatic heterocycles. The Balaban J connectivity index is 1.61. The number of nitrogens with one attached hydrogen (secondary N) is 1. The van der Waals surface area contributed by atoms with E-state index in [0.717, 1.165) is 24.9 Å². The minimum absolute atomic E-state index is 0.162. The van der Waals surface area contributed by atoms with Crippen molar-refractivity contribution in [1.29, 1.82) is 0 Å². The molecule has 2 aromatic carbocycles. The highest BCUT2D eigenvalue weighted by Crippen LogP contribution is 2.32. The van der Waals surface area contributed by atoms with E-state index in [-0.39, 0.29) is 4.90 Å². The highest BCUT2D eigenvalue weighted by atomic mass is 32.2. The van der Waals surface area contributed by atoms with Crippen LogP contribution < -0.4 is 10.1 Å². The smallest absolute Gasteiger partial charge is 0.246 e. The molecule has 4 rings (SSSR count). The van der Waals surface area contributed by atoms with Crippen LogP contribution >= 0.6 is 0 Å². The van der Waals surface area contributed by atoms with Crippen LogP contribution in [0.25, 0.3) is 11.3 Å². The molecule has 0 radical (unpaired) electrons. The van der Waals surface area contributed by atoms with Crippen molar-refractivity contribution >= 4 is 21.5 Å². The van der Waals surface area contributed by atoms with Gasteiger partial charge in [0, 0.05) is 24.3 Å². The van der Waals surface area contributed by atoms with Crippen molar-refractivity contribution in [3.05, 3.63) is 60.2 Å². The molecule has 1 aliphatic rings. The summed E-state index contributed by atoms with van der Waals surface area (Å²) in [7, 11) is -2.14. The number of hydrogen-bond acceptors (Lipinski definition) is 6. The first kappa shape index (κ1) is 21.3. The lowest BCUT2D eigenvalue weighted by molar-refractivity contribution is 0.398. The largest absolute Gasteiger partial charge is 0.495 e. The summed E-state index contributed by atoms with van der Waals surface area (Å²) in [6.07, 6.45) is 2.71. The van der Waals surface area contributed by atoms with Crippen molar-refractivity contribution in [2.24, 2.45) is 0 Å².